The van der Waals surface area contributed by atoms with Crippen molar-refractivity contribution in [1.82, 2.24) is 0 Å². The number of amides is 1. The van der Waals surface area contributed by atoms with E-state index >= 15 is 0 Å². The second-order valence-electron chi connectivity index (χ2n) is 6.01. The number of benzene rings is 1. The molecule has 1 heterocycles. The summed E-state index contributed by atoms with van der Waals surface area (Å²) in [6.07, 6.45) is 0.0261. The maximum atomic E-state index is 12.4. The highest BCUT2D eigenvalue weighted by Gasteiger charge is 2.32. The van der Waals surface area contributed by atoms with E-state index in [0.29, 0.717) is 19.0 Å². The van der Waals surface area contributed by atoms with Crippen molar-refractivity contribution in [2.24, 2.45) is 17.6 Å². The number of rotatable bonds is 3. The van der Waals surface area contributed by atoms with Gasteiger partial charge in [0.25, 0.3) is 0 Å². The topological polar surface area (TPSA) is 55.6 Å². The Hall–Kier alpha value is -1.55. The number of carbonyl (C=O) groups excluding carboxylic acids is 1. The molecule has 1 amide bonds. The van der Waals surface area contributed by atoms with Crippen molar-refractivity contribution in [2.45, 2.75) is 40.3 Å². The first-order valence-electron chi connectivity index (χ1n) is 7.25. The van der Waals surface area contributed by atoms with Gasteiger partial charge in [0.1, 0.15) is 11.9 Å². The summed E-state index contributed by atoms with van der Waals surface area (Å²) in [6.45, 7) is 9.16. The second kappa shape index (κ2) is 5.83. The van der Waals surface area contributed by atoms with Crippen LogP contribution >= 0.6 is 0 Å². The molecule has 0 radical (unpaired) electrons. The van der Waals surface area contributed by atoms with Gasteiger partial charge in [-0.1, -0.05) is 33.8 Å². The lowest BCUT2D eigenvalue weighted by Gasteiger charge is -2.37. The summed E-state index contributed by atoms with van der Waals surface area (Å²) in [6, 6.07) is 5.84. The zero-order valence-corrected chi connectivity index (χ0v) is 12.7. The van der Waals surface area contributed by atoms with E-state index < -0.39 is 0 Å². The molecule has 110 valence electrons. The molecule has 2 N–H and O–H groups in total. The fraction of sp³-hybridized carbons (Fsp3) is 0.562. The smallest absolute Gasteiger partial charge is 0.229 e. The molecule has 2 rings (SSSR count). The third-order valence-corrected chi connectivity index (χ3v) is 3.70. The molecule has 4 nitrogen and oxygen atoms in total. The standard InChI is InChI=1S/C16H24N2O2/c1-10(2)15-9-18(16(19)11(3)4)13-6-5-12(8-17)7-14(13)20-15/h5-7,10-11,15H,8-9,17H2,1-4H3. The van der Waals surface area contributed by atoms with Gasteiger partial charge in [0.15, 0.2) is 0 Å². The van der Waals surface area contributed by atoms with Gasteiger partial charge in [-0.2, -0.15) is 0 Å². The van der Waals surface area contributed by atoms with Crippen molar-refractivity contribution in [3.8, 4) is 5.75 Å². The third-order valence-electron chi connectivity index (χ3n) is 3.70. The van der Waals surface area contributed by atoms with E-state index in [1.807, 2.05) is 36.9 Å². The van der Waals surface area contributed by atoms with Crippen LogP contribution in [0, 0.1) is 11.8 Å². The molecule has 1 aliphatic heterocycles. The molecule has 0 saturated carbocycles. The summed E-state index contributed by atoms with van der Waals surface area (Å²) in [7, 11) is 0. The minimum atomic E-state index is -0.0250. The van der Waals surface area contributed by atoms with E-state index in [-0.39, 0.29) is 17.9 Å². The molecule has 0 spiro atoms. The Kier molecular flexibility index (Phi) is 4.33. The Bertz CT molecular complexity index is 497. The Morgan fingerprint density at radius 3 is 2.65 bits per heavy atom. The SMILES string of the molecule is CC(C)C(=O)N1CC(C(C)C)Oc2cc(CN)ccc21. The summed E-state index contributed by atoms with van der Waals surface area (Å²) in [5.74, 6) is 1.24. The number of ether oxygens (including phenoxy) is 1. The van der Waals surface area contributed by atoms with Crippen LogP contribution in [0.2, 0.25) is 0 Å². The monoisotopic (exact) mass is 276 g/mol. The van der Waals surface area contributed by atoms with Crippen LogP contribution in [-0.2, 0) is 11.3 Å². The zero-order chi connectivity index (χ0) is 14.9. The molecule has 0 aromatic heterocycles. The van der Waals surface area contributed by atoms with Crippen LogP contribution in [0.15, 0.2) is 18.2 Å². The van der Waals surface area contributed by atoms with Gasteiger partial charge >= 0.3 is 0 Å². The molecular formula is C16H24N2O2. The number of hydrogen-bond acceptors (Lipinski definition) is 3. The van der Waals surface area contributed by atoms with Crippen LogP contribution in [0.5, 0.6) is 5.75 Å². The first kappa shape index (κ1) is 14.9. The minimum absolute atomic E-state index is 0.0250. The molecule has 4 heteroatoms. The van der Waals surface area contributed by atoms with Crippen LogP contribution in [0.25, 0.3) is 0 Å². The molecule has 1 aliphatic rings. The van der Waals surface area contributed by atoms with Gasteiger partial charge in [0, 0.05) is 12.5 Å². The summed E-state index contributed by atoms with van der Waals surface area (Å²) < 4.78 is 6.05. The van der Waals surface area contributed by atoms with E-state index in [4.69, 9.17) is 10.5 Å². The normalized spacial score (nSPS) is 18.1. The van der Waals surface area contributed by atoms with Gasteiger partial charge in [-0.25, -0.2) is 0 Å². The van der Waals surface area contributed by atoms with Crippen molar-refractivity contribution in [3.63, 3.8) is 0 Å². The van der Waals surface area contributed by atoms with Gasteiger partial charge in [-0.05, 0) is 23.6 Å². The maximum Gasteiger partial charge on any atom is 0.229 e. The van der Waals surface area contributed by atoms with Gasteiger partial charge in [-0.3, -0.25) is 4.79 Å². The lowest BCUT2D eigenvalue weighted by molar-refractivity contribution is -0.122. The highest BCUT2D eigenvalue weighted by atomic mass is 16.5. The van der Waals surface area contributed by atoms with Crippen LogP contribution in [0.1, 0.15) is 33.3 Å². The third kappa shape index (κ3) is 2.80. The van der Waals surface area contributed by atoms with E-state index in [0.717, 1.165) is 17.0 Å². The van der Waals surface area contributed by atoms with Crippen LogP contribution < -0.4 is 15.4 Å². The summed E-state index contributed by atoms with van der Waals surface area (Å²) >= 11 is 0. The molecule has 1 aromatic carbocycles. The molecule has 0 aliphatic carbocycles. The quantitative estimate of drug-likeness (QED) is 0.923. The Morgan fingerprint density at radius 2 is 2.10 bits per heavy atom. The van der Waals surface area contributed by atoms with Crippen molar-refractivity contribution in [3.05, 3.63) is 23.8 Å². The van der Waals surface area contributed by atoms with Crippen molar-refractivity contribution in [2.75, 3.05) is 11.4 Å². The Balaban J connectivity index is 2.41. The van der Waals surface area contributed by atoms with Gasteiger partial charge < -0.3 is 15.4 Å². The van der Waals surface area contributed by atoms with Gasteiger partial charge in [-0.15, -0.1) is 0 Å². The number of nitrogens with two attached hydrogens (primary N) is 1. The van der Waals surface area contributed by atoms with Crippen molar-refractivity contribution >= 4 is 11.6 Å². The number of nitrogens with zero attached hydrogens (tertiary/aromatic N) is 1. The molecule has 0 saturated heterocycles. The molecular weight excluding hydrogens is 252 g/mol. The van der Waals surface area contributed by atoms with E-state index in [2.05, 4.69) is 13.8 Å². The van der Waals surface area contributed by atoms with E-state index in [1.165, 1.54) is 0 Å². The predicted octanol–water partition coefficient (Wildman–Crippen LogP) is 2.55. The molecule has 1 unspecified atom stereocenters. The summed E-state index contributed by atoms with van der Waals surface area (Å²) in [4.78, 5) is 14.3. The molecule has 20 heavy (non-hydrogen) atoms. The highest BCUT2D eigenvalue weighted by molar-refractivity contribution is 5.96. The molecule has 1 atom stereocenters. The first-order valence-corrected chi connectivity index (χ1v) is 7.25. The van der Waals surface area contributed by atoms with Crippen LogP contribution in [-0.4, -0.2) is 18.6 Å². The average molecular weight is 276 g/mol. The Morgan fingerprint density at radius 1 is 1.40 bits per heavy atom. The number of hydrogen-bond donors (Lipinski definition) is 1. The van der Waals surface area contributed by atoms with E-state index in [9.17, 15) is 4.79 Å². The zero-order valence-electron chi connectivity index (χ0n) is 12.7. The average Bonchev–Trinajstić information content (AvgIpc) is 2.44. The fourth-order valence-corrected chi connectivity index (χ4v) is 2.35. The highest BCUT2D eigenvalue weighted by Crippen LogP contribution is 2.36. The fourth-order valence-electron chi connectivity index (χ4n) is 2.35. The summed E-state index contributed by atoms with van der Waals surface area (Å²) in [5, 5.41) is 0. The Labute approximate surface area is 120 Å². The number of fused-ring (bicyclic) bond motifs is 1. The minimum Gasteiger partial charge on any atom is -0.486 e. The predicted molar refractivity (Wildman–Crippen MR) is 80.8 cm³/mol. The first-order chi connectivity index (χ1) is 9.43. The van der Waals surface area contributed by atoms with Crippen molar-refractivity contribution < 1.29 is 9.53 Å². The number of anilines is 1. The molecule has 1 aromatic rings. The number of carbonyl (C=O) groups is 1. The van der Waals surface area contributed by atoms with E-state index in [1.54, 1.807) is 0 Å². The largest absolute Gasteiger partial charge is 0.486 e. The van der Waals surface area contributed by atoms with Crippen LogP contribution in [0.3, 0.4) is 0 Å². The maximum absolute atomic E-state index is 12.4. The lowest BCUT2D eigenvalue weighted by atomic mass is 10.0. The lowest BCUT2D eigenvalue weighted by Crippen LogP contribution is -2.47. The van der Waals surface area contributed by atoms with Crippen LogP contribution in [0.4, 0.5) is 5.69 Å². The molecule has 0 bridgehead atoms. The van der Waals surface area contributed by atoms with Gasteiger partial charge in [0.05, 0.1) is 12.2 Å². The molecule has 0 fully saturated rings. The summed E-state index contributed by atoms with van der Waals surface area (Å²) in [5.41, 5.74) is 7.56. The van der Waals surface area contributed by atoms with Gasteiger partial charge in [0.2, 0.25) is 5.91 Å². The second-order valence-corrected chi connectivity index (χ2v) is 6.01. The van der Waals surface area contributed by atoms with Crippen molar-refractivity contribution in [1.29, 1.82) is 0 Å².